The van der Waals surface area contributed by atoms with Gasteiger partial charge in [-0.1, -0.05) is 12.1 Å². The lowest BCUT2D eigenvalue weighted by molar-refractivity contribution is -0.125. The predicted molar refractivity (Wildman–Crippen MR) is 125 cm³/mol. The van der Waals surface area contributed by atoms with Gasteiger partial charge in [0, 0.05) is 30.1 Å². The van der Waals surface area contributed by atoms with Crippen molar-refractivity contribution in [3.05, 3.63) is 46.7 Å². The number of benzene rings is 1. The van der Waals surface area contributed by atoms with Crippen molar-refractivity contribution in [2.75, 3.05) is 16.8 Å². The highest BCUT2D eigenvalue weighted by atomic mass is 32.1. The zero-order chi connectivity index (χ0) is 22.7. The summed E-state index contributed by atoms with van der Waals surface area (Å²) in [6, 6.07) is 11.2. The van der Waals surface area contributed by atoms with Crippen LogP contribution in [0.1, 0.15) is 25.1 Å². The number of hydrogen-bond donors (Lipinski definition) is 2. The van der Waals surface area contributed by atoms with Crippen molar-refractivity contribution in [3.8, 4) is 16.3 Å². The van der Waals surface area contributed by atoms with Crippen LogP contribution in [0.5, 0.6) is 5.75 Å². The molecule has 3 aromatic rings. The van der Waals surface area contributed by atoms with Crippen LogP contribution in [0, 0.1) is 0 Å². The molecule has 0 saturated heterocycles. The Balaban J connectivity index is 1.35. The molecule has 4 rings (SSSR count). The number of carbonyl (C=O) groups excluding carboxylic acids is 3. The second-order valence-corrected chi connectivity index (χ2v) is 9.26. The minimum Gasteiger partial charge on any atom is -0.479 e. The molecule has 1 aliphatic heterocycles. The Bertz CT molecular complexity index is 1160. The molecule has 3 heterocycles. The van der Waals surface area contributed by atoms with Crippen LogP contribution in [-0.2, 0) is 20.9 Å². The number of para-hydroxylation sites is 2. The Morgan fingerprint density at radius 1 is 1.22 bits per heavy atom. The van der Waals surface area contributed by atoms with Crippen LogP contribution in [0.2, 0.25) is 0 Å². The smallest absolute Gasteiger partial charge is 0.267 e. The van der Waals surface area contributed by atoms with Crippen LogP contribution in [0.3, 0.4) is 0 Å². The lowest BCUT2D eigenvalue weighted by atomic mass is 10.1. The zero-order valence-electron chi connectivity index (χ0n) is 17.6. The van der Waals surface area contributed by atoms with Gasteiger partial charge in [-0.15, -0.1) is 22.7 Å². The van der Waals surface area contributed by atoms with Crippen LogP contribution in [0.15, 0.2) is 41.8 Å². The van der Waals surface area contributed by atoms with Crippen molar-refractivity contribution in [1.82, 2.24) is 10.3 Å². The van der Waals surface area contributed by atoms with Crippen molar-refractivity contribution < 1.29 is 19.1 Å². The molecule has 166 valence electrons. The summed E-state index contributed by atoms with van der Waals surface area (Å²) in [5.74, 6) is 0.183. The minimum absolute atomic E-state index is 0.0738. The van der Waals surface area contributed by atoms with Crippen LogP contribution < -0.4 is 20.3 Å². The normalized spacial score (nSPS) is 15.1. The third-order valence-corrected chi connectivity index (χ3v) is 6.68. The van der Waals surface area contributed by atoms with E-state index in [-0.39, 0.29) is 30.7 Å². The number of anilines is 2. The Kier molecular flexibility index (Phi) is 6.52. The fourth-order valence-electron chi connectivity index (χ4n) is 3.25. The average molecular weight is 471 g/mol. The van der Waals surface area contributed by atoms with E-state index in [9.17, 15) is 14.4 Å². The summed E-state index contributed by atoms with van der Waals surface area (Å²) in [5.41, 5.74) is 1.45. The average Bonchev–Trinajstić information content (AvgIpc) is 3.42. The molecule has 10 heteroatoms. The maximum absolute atomic E-state index is 12.5. The molecule has 1 unspecified atom stereocenters. The number of aromatic nitrogens is 1. The SMILES string of the molecule is CC(=O)NCc1ccc(-c2csc(NC(=O)CCN3C(=O)C(C)Oc4ccccc43)n2)s1. The molecule has 32 heavy (non-hydrogen) atoms. The molecule has 0 fully saturated rings. The maximum atomic E-state index is 12.5. The number of amides is 3. The first-order valence-corrected chi connectivity index (χ1v) is 11.8. The van der Waals surface area contributed by atoms with Crippen molar-refractivity contribution in [2.24, 2.45) is 0 Å². The van der Waals surface area contributed by atoms with E-state index >= 15 is 0 Å². The fourth-order valence-corrected chi connectivity index (χ4v) is 4.96. The fraction of sp³-hybridized carbons (Fsp3) is 0.273. The molecule has 2 aromatic heterocycles. The summed E-state index contributed by atoms with van der Waals surface area (Å²) >= 11 is 2.89. The van der Waals surface area contributed by atoms with Crippen molar-refractivity contribution in [3.63, 3.8) is 0 Å². The van der Waals surface area contributed by atoms with E-state index < -0.39 is 6.10 Å². The third-order valence-electron chi connectivity index (χ3n) is 4.81. The summed E-state index contributed by atoms with van der Waals surface area (Å²) in [5, 5.41) is 7.97. The van der Waals surface area contributed by atoms with Gasteiger partial charge < -0.3 is 20.3 Å². The molecule has 0 saturated carbocycles. The number of thiazole rings is 1. The molecular weight excluding hydrogens is 448 g/mol. The van der Waals surface area contributed by atoms with Gasteiger partial charge in [0.25, 0.3) is 5.91 Å². The Morgan fingerprint density at radius 2 is 2.03 bits per heavy atom. The Hall–Kier alpha value is -3.24. The molecule has 0 radical (unpaired) electrons. The summed E-state index contributed by atoms with van der Waals surface area (Å²) in [6.07, 6.45) is -0.447. The monoisotopic (exact) mass is 470 g/mol. The van der Waals surface area contributed by atoms with Gasteiger partial charge in [0.05, 0.1) is 22.8 Å². The number of hydrogen-bond acceptors (Lipinski definition) is 7. The second-order valence-electron chi connectivity index (χ2n) is 7.23. The molecule has 8 nitrogen and oxygen atoms in total. The topological polar surface area (TPSA) is 101 Å². The summed E-state index contributed by atoms with van der Waals surface area (Å²) in [6.45, 7) is 3.92. The number of rotatable bonds is 7. The van der Waals surface area contributed by atoms with Gasteiger partial charge in [0.1, 0.15) is 5.75 Å². The second kappa shape index (κ2) is 9.49. The zero-order valence-corrected chi connectivity index (χ0v) is 19.2. The first-order chi connectivity index (χ1) is 15.4. The van der Waals surface area contributed by atoms with Crippen molar-refractivity contribution in [1.29, 1.82) is 0 Å². The summed E-state index contributed by atoms with van der Waals surface area (Å²) in [7, 11) is 0. The maximum Gasteiger partial charge on any atom is 0.267 e. The van der Waals surface area contributed by atoms with Gasteiger partial charge in [-0.3, -0.25) is 14.4 Å². The molecule has 1 aliphatic rings. The number of thiophene rings is 1. The minimum atomic E-state index is -0.587. The van der Waals surface area contributed by atoms with Crippen LogP contribution >= 0.6 is 22.7 Å². The van der Waals surface area contributed by atoms with Gasteiger partial charge in [-0.2, -0.15) is 0 Å². The molecule has 1 aromatic carbocycles. The first-order valence-electron chi connectivity index (χ1n) is 10.1. The predicted octanol–water partition coefficient (Wildman–Crippen LogP) is 3.65. The van der Waals surface area contributed by atoms with E-state index in [1.165, 1.54) is 18.3 Å². The number of nitrogens with one attached hydrogen (secondary N) is 2. The van der Waals surface area contributed by atoms with Gasteiger partial charge in [-0.25, -0.2) is 4.98 Å². The van der Waals surface area contributed by atoms with Crippen LogP contribution in [-0.4, -0.2) is 35.4 Å². The molecule has 1 atom stereocenters. The van der Waals surface area contributed by atoms with Crippen LogP contribution in [0.25, 0.3) is 10.6 Å². The number of ether oxygens (including phenoxy) is 1. The van der Waals surface area contributed by atoms with Gasteiger partial charge >= 0.3 is 0 Å². The Labute approximate surface area is 193 Å². The molecule has 0 spiro atoms. The molecule has 2 N–H and O–H groups in total. The van der Waals surface area contributed by atoms with Gasteiger partial charge in [0.15, 0.2) is 11.2 Å². The molecule has 3 amide bonds. The van der Waals surface area contributed by atoms with E-state index in [1.54, 1.807) is 23.2 Å². The van der Waals surface area contributed by atoms with E-state index in [0.717, 1.165) is 15.4 Å². The third kappa shape index (κ3) is 4.97. The van der Waals surface area contributed by atoms with Crippen LogP contribution in [0.4, 0.5) is 10.8 Å². The summed E-state index contributed by atoms with van der Waals surface area (Å²) in [4.78, 5) is 44.2. The van der Waals surface area contributed by atoms with Gasteiger partial charge in [0.2, 0.25) is 11.8 Å². The van der Waals surface area contributed by atoms with Crippen molar-refractivity contribution in [2.45, 2.75) is 32.9 Å². The lowest BCUT2D eigenvalue weighted by Crippen LogP contribution is -2.45. The largest absolute Gasteiger partial charge is 0.479 e. The number of carbonyl (C=O) groups is 3. The highest BCUT2D eigenvalue weighted by molar-refractivity contribution is 7.17. The molecule has 0 bridgehead atoms. The van der Waals surface area contributed by atoms with E-state index in [0.29, 0.717) is 23.1 Å². The van der Waals surface area contributed by atoms with Gasteiger partial charge in [-0.05, 0) is 31.2 Å². The van der Waals surface area contributed by atoms with E-state index in [1.807, 2.05) is 41.8 Å². The first kappa shape index (κ1) is 22.0. The lowest BCUT2D eigenvalue weighted by Gasteiger charge is -2.32. The highest BCUT2D eigenvalue weighted by Crippen LogP contribution is 2.34. The summed E-state index contributed by atoms with van der Waals surface area (Å²) < 4.78 is 5.63. The van der Waals surface area contributed by atoms with E-state index in [2.05, 4.69) is 15.6 Å². The number of nitrogens with zero attached hydrogens (tertiary/aromatic N) is 2. The standard InChI is InChI=1S/C22H22N4O4S2/c1-13-21(29)26(17-5-3-4-6-18(17)30-13)10-9-20(28)25-22-24-16(12-31-22)19-8-7-15(32-19)11-23-14(2)27/h3-8,12-13H,9-11H2,1-2H3,(H,23,27)(H,24,25,28). The Morgan fingerprint density at radius 3 is 2.84 bits per heavy atom. The quantitative estimate of drug-likeness (QED) is 0.549. The van der Waals surface area contributed by atoms with Crippen molar-refractivity contribution >= 4 is 51.2 Å². The molecular formula is C22H22N4O4S2. The van der Waals surface area contributed by atoms with E-state index in [4.69, 9.17) is 4.74 Å². The molecule has 0 aliphatic carbocycles. The number of fused-ring (bicyclic) bond motifs is 1. The highest BCUT2D eigenvalue weighted by Gasteiger charge is 2.31.